The van der Waals surface area contributed by atoms with Gasteiger partial charge in [-0.25, -0.2) is 4.79 Å². The Labute approximate surface area is 160 Å². The molecule has 0 saturated carbocycles. The predicted molar refractivity (Wildman–Crippen MR) is 107 cm³/mol. The third-order valence-corrected chi connectivity index (χ3v) is 4.07. The Morgan fingerprint density at radius 2 is 1.75 bits per heavy atom. The second-order valence-corrected chi connectivity index (χ2v) is 6.00. The van der Waals surface area contributed by atoms with Crippen molar-refractivity contribution < 1.29 is 13.9 Å². The van der Waals surface area contributed by atoms with Crippen molar-refractivity contribution in [1.29, 1.82) is 0 Å². The third kappa shape index (κ3) is 3.88. The highest BCUT2D eigenvalue weighted by Gasteiger charge is 2.08. The molecule has 0 saturated heterocycles. The SMILES string of the molecule is O=C(/C=C/c1ccccn1)c1ccc(Oc2cc(=O)oc3ccccc23)cc1. The number of carbonyl (C=O) groups excluding carboxylic acids is 1. The number of ether oxygens (including phenoxy) is 1. The zero-order valence-corrected chi connectivity index (χ0v) is 14.7. The molecule has 0 unspecified atom stereocenters. The summed E-state index contributed by atoms with van der Waals surface area (Å²) in [4.78, 5) is 28.2. The lowest BCUT2D eigenvalue weighted by Gasteiger charge is -2.08. The zero-order valence-electron chi connectivity index (χ0n) is 14.7. The number of para-hydroxylation sites is 1. The number of allylic oxidation sites excluding steroid dienone is 1. The van der Waals surface area contributed by atoms with Gasteiger partial charge in [-0.15, -0.1) is 0 Å². The predicted octanol–water partition coefficient (Wildman–Crippen LogP) is 4.88. The van der Waals surface area contributed by atoms with Crippen LogP contribution in [0.4, 0.5) is 0 Å². The Hall–Kier alpha value is -3.99. The van der Waals surface area contributed by atoms with E-state index in [-0.39, 0.29) is 5.78 Å². The molecule has 5 nitrogen and oxygen atoms in total. The van der Waals surface area contributed by atoms with Crippen molar-refractivity contribution in [1.82, 2.24) is 4.98 Å². The number of nitrogens with zero attached hydrogens (tertiary/aromatic N) is 1. The van der Waals surface area contributed by atoms with E-state index in [4.69, 9.17) is 9.15 Å². The summed E-state index contributed by atoms with van der Waals surface area (Å²) in [6.45, 7) is 0. The molecule has 0 radical (unpaired) electrons. The molecule has 4 rings (SSSR count). The molecule has 136 valence electrons. The quantitative estimate of drug-likeness (QED) is 0.285. The van der Waals surface area contributed by atoms with Gasteiger partial charge in [0.25, 0.3) is 0 Å². The lowest BCUT2D eigenvalue weighted by Crippen LogP contribution is -1.99. The number of hydrogen-bond acceptors (Lipinski definition) is 5. The molecule has 4 aromatic rings. The van der Waals surface area contributed by atoms with Crippen LogP contribution in [0.15, 0.2) is 94.3 Å². The Balaban J connectivity index is 1.53. The molecule has 5 heteroatoms. The van der Waals surface area contributed by atoms with E-state index in [1.165, 1.54) is 12.1 Å². The Morgan fingerprint density at radius 1 is 0.964 bits per heavy atom. The first-order chi connectivity index (χ1) is 13.7. The maximum absolute atomic E-state index is 12.3. The van der Waals surface area contributed by atoms with Crippen molar-refractivity contribution in [2.24, 2.45) is 0 Å². The minimum atomic E-state index is -0.486. The Bertz CT molecular complexity index is 1210. The van der Waals surface area contributed by atoms with E-state index in [0.29, 0.717) is 33.7 Å². The summed E-state index contributed by atoms with van der Waals surface area (Å²) in [6.07, 6.45) is 4.82. The summed E-state index contributed by atoms with van der Waals surface area (Å²) in [5, 5.41) is 0.695. The lowest BCUT2D eigenvalue weighted by atomic mass is 10.1. The molecule has 2 aromatic heterocycles. The molecule has 0 bridgehead atoms. The van der Waals surface area contributed by atoms with Crippen LogP contribution in [0.1, 0.15) is 16.1 Å². The summed E-state index contributed by atoms with van der Waals surface area (Å²) in [5.74, 6) is 0.782. The Morgan fingerprint density at radius 3 is 2.54 bits per heavy atom. The van der Waals surface area contributed by atoms with Crippen molar-refractivity contribution >= 4 is 22.8 Å². The molecule has 0 amide bonds. The number of rotatable bonds is 5. The van der Waals surface area contributed by atoms with Crippen LogP contribution in [0, 0.1) is 0 Å². The maximum atomic E-state index is 12.3. The van der Waals surface area contributed by atoms with Gasteiger partial charge in [-0.3, -0.25) is 9.78 Å². The van der Waals surface area contributed by atoms with E-state index in [1.54, 1.807) is 48.7 Å². The van der Waals surface area contributed by atoms with Crippen LogP contribution in [0.3, 0.4) is 0 Å². The first kappa shape index (κ1) is 17.4. The van der Waals surface area contributed by atoms with Gasteiger partial charge >= 0.3 is 5.63 Å². The highest BCUT2D eigenvalue weighted by atomic mass is 16.5. The second kappa shape index (κ2) is 7.72. The van der Waals surface area contributed by atoms with Gasteiger partial charge in [0, 0.05) is 11.8 Å². The van der Waals surface area contributed by atoms with Crippen LogP contribution in [0.5, 0.6) is 11.5 Å². The van der Waals surface area contributed by atoms with Crippen LogP contribution in [0.2, 0.25) is 0 Å². The molecule has 0 N–H and O–H groups in total. The molecule has 0 aliphatic heterocycles. The largest absolute Gasteiger partial charge is 0.456 e. The lowest BCUT2D eigenvalue weighted by molar-refractivity contribution is 0.104. The topological polar surface area (TPSA) is 69.4 Å². The van der Waals surface area contributed by atoms with Crippen LogP contribution >= 0.6 is 0 Å². The minimum Gasteiger partial charge on any atom is -0.456 e. The number of hydrogen-bond donors (Lipinski definition) is 0. The monoisotopic (exact) mass is 369 g/mol. The normalized spacial score (nSPS) is 11.0. The molecule has 28 heavy (non-hydrogen) atoms. The molecule has 0 aliphatic rings. The first-order valence-corrected chi connectivity index (χ1v) is 8.63. The van der Waals surface area contributed by atoms with Gasteiger partial charge in [-0.1, -0.05) is 18.2 Å². The number of pyridine rings is 1. The Kier molecular flexibility index (Phi) is 4.80. The second-order valence-electron chi connectivity index (χ2n) is 6.00. The molecule has 0 aliphatic carbocycles. The average Bonchev–Trinajstić information content (AvgIpc) is 2.73. The fourth-order valence-electron chi connectivity index (χ4n) is 2.71. The molecule has 0 spiro atoms. The number of benzene rings is 2. The first-order valence-electron chi connectivity index (χ1n) is 8.63. The summed E-state index contributed by atoms with van der Waals surface area (Å²) >= 11 is 0. The number of aromatic nitrogens is 1. The summed E-state index contributed by atoms with van der Waals surface area (Å²) < 4.78 is 11.0. The van der Waals surface area contributed by atoms with Crippen molar-refractivity contribution in [3.63, 3.8) is 0 Å². The summed E-state index contributed by atoms with van der Waals surface area (Å²) in [7, 11) is 0. The van der Waals surface area contributed by atoms with Crippen LogP contribution in [-0.4, -0.2) is 10.8 Å². The number of ketones is 1. The van der Waals surface area contributed by atoms with Gasteiger partial charge < -0.3 is 9.15 Å². The molecule has 0 atom stereocenters. The number of carbonyl (C=O) groups is 1. The third-order valence-electron chi connectivity index (χ3n) is 4.07. The van der Waals surface area contributed by atoms with Crippen LogP contribution in [-0.2, 0) is 0 Å². The highest BCUT2D eigenvalue weighted by Crippen LogP contribution is 2.28. The van der Waals surface area contributed by atoms with Crippen molar-refractivity contribution in [2.45, 2.75) is 0 Å². The van der Waals surface area contributed by atoms with E-state index in [1.807, 2.05) is 30.3 Å². The van der Waals surface area contributed by atoms with Gasteiger partial charge in [-0.05, 0) is 60.7 Å². The summed E-state index contributed by atoms with van der Waals surface area (Å²) in [6, 6.07) is 20.7. The highest BCUT2D eigenvalue weighted by molar-refractivity contribution is 6.06. The summed E-state index contributed by atoms with van der Waals surface area (Å²) in [5.41, 5.74) is 1.21. The molecule has 2 aromatic carbocycles. The smallest absolute Gasteiger partial charge is 0.339 e. The van der Waals surface area contributed by atoms with E-state index < -0.39 is 5.63 Å². The van der Waals surface area contributed by atoms with Crippen molar-refractivity contribution in [3.8, 4) is 11.5 Å². The van der Waals surface area contributed by atoms with E-state index in [0.717, 1.165) is 0 Å². The van der Waals surface area contributed by atoms with Gasteiger partial charge in [0.1, 0.15) is 17.1 Å². The molecule has 2 heterocycles. The van der Waals surface area contributed by atoms with Crippen molar-refractivity contribution in [2.75, 3.05) is 0 Å². The van der Waals surface area contributed by atoms with Crippen LogP contribution < -0.4 is 10.4 Å². The maximum Gasteiger partial charge on any atom is 0.339 e. The van der Waals surface area contributed by atoms with E-state index >= 15 is 0 Å². The average molecular weight is 369 g/mol. The van der Waals surface area contributed by atoms with Gasteiger partial charge in [0.05, 0.1) is 17.1 Å². The van der Waals surface area contributed by atoms with E-state index in [9.17, 15) is 9.59 Å². The fraction of sp³-hybridized carbons (Fsp3) is 0. The zero-order chi connectivity index (χ0) is 19.3. The van der Waals surface area contributed by atoms with Gasteiger partial charge in [0.2, 0.25) is 0 Å². The standard InChI is InChI=1S/C23H15NO4/c25-20(13-10-17-5-3-4-14-24-17)16-8-11-18(12-9-16)27-22-15-23(26)28-21-7-2-1-6-19(21)22/h1-15H/b13-10+. The van der Waals surface area contributed by atoms with Crippen LogP contribution in [0.25, 0.3) is 17.0 Å². The molecular weight excluding hydrogens is 354 g/mol. The van der Waals surface area contributed by atoms with Crippen molar-refractivity contribution in [3.05, 3.63) is 107 Å². The molecule has 0 fully saturated rings. The van der Waals surface area contributed by atoms with E-state index in [2.05, 4.69) is 4.98 Å². The number of fused-ring (bicyclic) bond motifs is 1. The van der Waals surface area contributed by atoms with Gasteiger partial charge in [0.15, 0.2) is 5.78 Å². The fourth-order valence-corrected chi connectivity index (χ4v) is 2.71. The minimum absolute atomic E-state index is 0.136. The molecular formula is C23H15NO4. The van der Waals surface area contributed by atoms with Gasteiger partial charge in [-0.2, -0.15) is 0 Å².